The van der Waals surface area contributed by atoms with Gasteiger partial charge in [0.25, 0.3) is 0 Å². The van der Waals surface area contributed by atoms with Crippen molar-refractivity contribution in [2.24, 2.45) is 0 Å². The summed E-state index contributed by atoms with van der Waals surface area (Å²) in [5, 5.41) is 1.69. The summed E-state index contributed by atoms with van der Waals surface area (Å²) in [6.07, 6.45) is 4.71. The van der Waals surface area contributed by atoms with Gasteiger partial charge in [0.1, 0.15) is 12.2 Å². The normalized spacial score (nSPS) is 11.2. The van der Waals surface area contributed by atoms with E-state index in [0.717, 1.165) is 16.5 Å². The van der Waals surface area contributed by atoms with Crippen molar-refractivity contribution in [2.45, 2.75) is 13.5 Å². The second kappa shape index (κ2) is 8.61. The molecule has 0 spiro atoms. The van der Waals surface area contributed by atoms with Gasteiger partial charge in [-0.05, 0) is 25.1 Å². The van der Waals surface area contributed by atoms with Crippen molar-refractivity contribution in [3.8, 4) is 0 Å². The monoisotopic (exact) mass is 401 g/mol. The highest BCUT2D eigenvalue weighted by Crippen LogP contribution is 2.27. The Bertz CT molecular complexity index is 1250. The van der Waals surface area contributed by atoms with Crippen LogP contribution < -0.4 is 0 Å². The highest BCUT2D eigenvalue weighted by molar-refractivity contribution is 5.96. The molecule has 6 nitrogen and oxygen atoms in total. The van der Waals surface area contributed by atoms with Gasteiger partial charge in [0, 0.05) is 28.6 Å². The van der Waals surface area contributed by atoms with Crippen LogP contribution in [0.5, 0.6) is 0 Å². The van der Waals surface area contributed by atoms with Crippen LogP contribution in [0.3, 0.4) is 0 Å². The van der Waals surface area contributed by atoms with Crippen LogP contribution >= 0.6 is 0 Å². The van der Waals surface area contributed by atoms with Gasteiger partial charge in [-0.3, -0.25) is 4.98 Å². The summed E-state index contributed by atoms with van der Waals surface area (Å²) in [7, 11) is 0. The Morgan fingerprint density at radius 1 is 1.03 bits per heavy atom. The van der Waals surface area contributed by atoms with Crippen LogP contribution in [0.25, 0.3) is 27.9 Å². The first-order valence-electron chi connectivity index (χ1n) is 9.53. The summed E-state index contributed by atoms with van der Waals surface area (Å²) in [5.41, 5.74) is 2.63. The average molecular weight is 401 g/mol. The standard InChI is InChI=1S/C24H19NO5/c1-2-28-24(27)23-19(18-10-3-4-11-20(18)30-23)15-29-21(26)13-12-17-8-5-7-16-9-6-14-25-22(16)17/h3-14H,2,15H2,1H3/b13-12+. The SMILES string of the molecule is CCOC(=O)c1oc2ccccc2c1COC(=O)/C=C/c1cccc2cccnc12. The summed E-state index contributed by atoms with van der Waals surface area (Å²) in [6.45, 7) is 1.83. The molecule has 2 aromatic heterocycles. The third kappa shape index (κ3) is 3.93. The molecule has 2 heterocycles. The number of hydrogen-bond acceptors (Lipinski definition) is 6. The van der Waals surface area contributed by atoms with Crippen molar-refractivity contribution in [1.29, 1.82) is 0 Å². The minimum Gasteiger partial charge on any atom is -0.460 e. The van der Waals surface area contributed by atoms with E-state index in [9.17, 15) is 9.59 Å². The van der Waals surface area contributed by atoms with Crippen molar-refractivity contribution < 1.29 is 23.5 Å². The van der Waals surface area contributed by atoms with Gasteiger partial charge in [-0.25, -0.2) is 9.59 Å². The largest absolute Gasteiger partial charge is 0.460 e. The first-order valence-corrected chi connectivity index (χ1v) is 9.53. The van der Waals surface area contributed by atoms with Gasteiger partial charge >= 0.3 is 11.9 Å². The predicted octanol–water partition coefficient (Wildman–Crippen LogP) is 4.91. The Balaban J connectivity index is 1.54. The highest BCUT2D eigenvalue weighted by atomic mass is 16.5. The Hall–Kier alpha value is -3.93. The number of carbonyl (C=O) groups excluding carboxylic acids is 2. The molecule has 0 aliphatic heterocycles. The number of esters is 2. The summed E-state index contributed by atoms with van der Waals surface area (Å²) < 4.78 is 16.1. The van der Waals surface area contributed by atoms with Crippen LogP contribution in [0.1, 0.15) is 28.6 Å². The summed E-state index contributed by atoms with van der Waals surface area (Å²) in [5.74, 6) is -1.08. The first kappa shape index (κ1) is 19.4. The smallest absolute Gasteiger partial charge is 0.374 e. The molecule has 4 rings (SSSR count). The first-order chi connectivity index (χ1) is 14.7. The minimum atomic E-state index is -0.586. The summed E-state index contributed by atoms with van der Waals surface area (Å²) in [4.78, 5) is 28.9. The number of nitrogens with zero attached hydrogens (tertiary/aromatic N) is 1. The van der Waals surface area contributed by atoms with E-state index in [1.165, 1.54) is 6.08 Å². The molecule has 30 heavy (non-hydrogen) atoms. The number of benzene rings is 2. The lowest BCUT2D eigenvalue weighted by Crippen LogP contribution is -2.08. The molecule has 6 heteroatoms. The van der Waals surface area contributed by atoms with Crippen LogP contribution in [-0.2, 0) is 20.9 Å². The molecule has 0 unspecified atom stereocenters. The van der Waals surface area contributed by atoms with Crippen molar-refractivity contribution in [3.05, 3.63) is 83.8 Å². The molecule has 0 bridgehead atoms. The molecule has 0 amide bonds. The van der Waals surface area contributed by atoms with Gasteiger partial charge < -0.3 is 13.9 Å². The number of hydrogen-bond donors (Lipinski definition) is 0. The van der Waals surface area contributed by atoms with Gasteiger partial charge in [0.2, 0.25) is 5.76 Å². The second-order valence-corrected chi connectivity index (χ2v) is 6.49. The van der Waals surface area contributed by atoms with E-state index in [-0.39, 0.29) is 19.0 Å². The molecule has 0 aliphatic carbocycles. The maximum Gasteiger partial charge on any atom is 0.374 e. The predicted molar refractivity (Wildman–Crippen MR) is 113 cm³/mol. The van der Waals surface area contributed by atoms with Gasteiger partial charge in [-0.2, -0.15) is 0 Å². The topological polar surface area (TPSA) is 78.6 Å². The van der Waals surface area contributed by atoms with E-state index >= 15 is 0 Å². The highest BCUT2D eigenvalue weighted by Gasteiger charge is 2.22. The second-order valence-electron chi connectivity index (χ2n) is 6.49. The van der Waals surface area contributed by atoms with Gasteiger partial charge in [-0.15, -0.1) is 0 Å². The zero-order valence-electron chi connectivity index (χ0n) is 16.3. The molecule has 0 saturated heterocycles. The molecule has 2 aromatic carbocycles. The fourth-order valence-corrected chi connectivity index (χ4v) is 3.22. The van der Waals surface area contributed by atoms with Gasteiger partial charge in [0.15, 0.2) is 0 Å². The Labute approximate surface area is 172 Å². The van der Waals surface area contributed by atoms with Crippen molar-refractivity contribution in [3.63, 3.8) is 0 Å². The molecule has 0 N–H and O–H groups in total. The number of carbonyl (C=O) groups is 2. The van der Waals surface area contributed by atoms with E-state index in [1.807, 2.05) is 42.5 Å². The minimum absolute atomic E-state index is 0.0492. The third-order valence-corrected chi connectivity index (χ3v) is 4.58. The number of furan rings is 1. The van der Waals surface area contributed by atoms with Gasteiger partial charge in [0.05, 0.1) is 17.7 Å². The Morgan fingerprint density at radius 3 is 2.73 bits per heavy atom. The van der Waals surface area contributed by atoms with E-state index < -0.39 is 11.9 Å². The number of fused-ring (bicyclic) bond motifs is 2. The molecule has 0 atom stereocenters. The molecule has 0 aliphatic rings. The van der Waals surface area contributed by atoms with Crippen LogP contribution in [0.4, 0.5) is 0 Å². The lowest BCUT2D eigenvalue weighted by molar-refractivity contribution is -0.138. The fourth-order valence-electron chi connectivity index (χ4n) is 3.22. The van der Waals surface area contributed by atoms with Crippen LogP contribution in [0, 0.1) is 0 Å². The van der Waals surface area contributed by atoms with Crippen LogP contribution in [0.2, 0.25) is 0 Å². The number of pyridine rings is 1. The quantitative estimate of drug-likeness (QED) is 0.337. The molecule has 0 fully saturated rings. The molecule has 4 aromatic rings. The summed E-state index contributed by atoms with van der Waals surface area (Å²) >= 11 is 0. The lowest BCUT2D eigenvalue weighted by Gasteiger charge is -2.04. The summed E-state index contributed by atoms with van der Waals surface area (Å²) in [6, 6.07) is 16.7. The zero-order chi connectivity index (χ0) is 20.9. The number of ether oxygens (including phenoxy) is 2. The van der Waals surface area contributed by atoms with Crippen LogP contribution in [0.15, 0.2) is 71.3 Å². The third-order valence-electron chi connectivity index (χ3n) is 4.58. The van der Waals surface area contributed by atoms with Crippen molar-refractivity contribution in [2.75, 3.05) is 6.61 Å². The zero-order valence-corrected chi connectivity index (χ0v) is 16.3. The maximum atomic E-state index is 12.3. The molecule has 0 radical (unpaired) electrons. The maximum absolute atomic E-state index is 12.3. The molecule has 0 saturated carbocycles. The molecular weight excluding hydrogens is 382 g/mol. The van der Waals surface area contributed by atoms with E-state index in [4.69, 9.17) is 13.9 Å². The van der Waals surface area contributed by atoms with Crippen molar-refractivity contribution in [1.82, 2.24) is 4.98 Å². The van der Waals surface area contributed by atoms with Crippen LogP contribution in [-0.4, -0.2) is 23.5 Å². The number of rotatable bonds is 6. The van der Waals surface area contributed by atoms with Crippen molar-refractivity contribution >= 4 is 39.9 Å². The lowest BCUT2D eigenvalue weighted by atomic mass is 10.1. The molecular formula is C24H19NO5. The Morgan fingerprint density at radius 2 is 1.87 bits per heavy atom. The average Bonchev–Trinajstić information content (AvgIpc) is 3.15. The van der Waals surface area contributed by atoms with E-state index in [1.54, 1.807) is 31.3 Å². The number of para-hydroxylation sites is 2. The van der Waals surface area contributed by atoms with E-state index in [2.05, 4.69) is 4.98 Å². The number of aromatic nitrogens is 1. The van der Waals surface area contributed by atoms with Gasteiger partial charge in [-0.1, -0.05) is 42.5 Å². The molecule has 150 valence electrons. The Kier molecular flexibility index (Phi) is 5.57. The van der Waals surface area contributed by atoms with E-state index in [0.29, 0.717) is 16.5 Å². The fraction of sp³-hybridized carbons (Fsp3) is 0.125.